The van der Waals surface area contributed by atoms with Gasteiger partial charge in [0.15, 0.2) is 0 Å². The smallest absolute Gasteiger partial charge is 0.239 e. The van der Waals surface area contributed by atoms with E-state index in [0.29, 0.717) is 32.7 Å². The number of carbonyl (C=O) groups excluding carboxylic acids is 2. The highest BCUT2D eigenvalue weighted by molar-refractivity contribution is 5.86. The van der Waals surface area contributed by atoms with Gasteiger partial charge in [0, 0.05) is 32.7 Å². The first kappa shape index (κ1) is 19.4. The van der Waals surface area contributed by atoms with Crippen molar-refractivity contribution in [2.45, 2.75) is 6.42 Å². The van der Waals surface area contributed by atoms with E-state index in [4.69, 9.17) is 5.73 Å². The summed E-state index contributed by atoms with van der Waals surface area (Å²) in [6.07, 6.45) is 0.884. The fourth-order valence-corrected chi connectivity index (χ4v) is 2.53. The average Bonchev–Trinajstić information content (AvgIpc) is 2.54. The van der Waals surface area contributed by atoms with E-state index in [0.717, 1.165) is 13.0 Å². The van der Waals surface area contributed by atoms with Gasteiger partial charge in [-0.1, -0.05) is 30.3 Å². The topological polar surface area (TPSA) is 78.7 Å². The Labute approximate surface area is 143 Å². The molecule has 128 valence electrons. The molecule has 7 heteroatoms. The predicted octanol–water partition coefficient (Wildman–Crippen LogP) is -0.130. The Balaban J connectivity index is 0.00000264. The predicted molar refractivity (Wildman–Crippen MR) is 92.5 cm³/mol. The molecule has 0 bridgehead atoms. The zero-order valence-electron chi connectivity index (χ0n) is 13.2. The number of nitrogens with two attached hydrogens (primary N) is 1. The Morgan fingerprint density at radius 2 is 2.00 bits per heavy atom. The van der Waals surface area contributed by atoms with Crippen LogP contribution in [0.15, 0.2) is 30.3 Å². The summed E-state index contributed by atoms with van der Waals surface area (Å²) >= 11 is 0. The Morgan fingerprint density at radius 3 is 2.65 bits per heavy atom. The average molecular weight is 341 g/mol. The van der Waals surface area contributed by atoms with Crippen molar-refractivity contribution in [1.29, 1.82) is 0 Å². The summed E-state index contributed by atoms with van der Waals surface area (Å²) in [5.74, 6) is -0.0920. The van der Waals surface area contributed by atoms with Gasteiger partial charge in [0.25, 0.3) is 0 Å². The summed E-state index contributed by atoms with van der Waals surface area (Å²) in [4.78, 5) is 27.3. The zero-order chi connectivity index (χ0) is 15.8. The van der Waals surface area contributed by atoms with Gasteiger partial charge in [-0.15, -0.1) is 12.4 Å². The van der Waals surface area contributed by atoms with E-state index in [2.05, 4.69) is 22.3 Å². The van der Waals surface area contributed by atoms with Crippen LogP contribution in [-0.4, -0.2) is 67.4 Å². The van der Waals surface area contributed by atoms with Crippen LogP contribution < -0.4 is 11.1 Å². The Hall–Kier alpha value is -1.63. The van der Waals surface area contributed by atoms with Crippen LogP contribution >= 0.6 is 12.4 Å². The number of benzene rings is 1. The van der Waals surface area contributed by atoms with Crippen molar-refractivity contribution in [2.24, 2.45) is 5.73 Å². The van der Waals surface area contributed by atoms with E-state index in [-0.39, 0.29) is 30.8 Å². The summed E-state index contributed by atoms with van der Waals surface area (Å²) < 4.78 is 0. The monoisotopic (exact) mass is 340 g/mol. The highest BCUT2D eigenvalue weighted by Crippen LogP contribution is 2.03. The molecule has 1 fully saturated rings. The van der Waals surface area contributed by atoms with Crippen LogP contribution in [0.5, 0.6) is 0 Å². The first-order valence-electron chi connectivity index (χ1n) is 7.70. The number of amides is 2. The summed E-state index contributed by atoms with van der Waals surface area (Å²) in [5.41, 5.74) is 6.89. The maximum Gasteiger partial charge on any atom is 0.239 e. The molecular weight excluding hydrogens is 316 g/mol. The largest absolute Gasteiger partial charge is 0.353 e. The third-order valence-electron chi connectivity index (χ3n) is 3.75. The first-order chi connectivity index (χ1) is 10.7. The maximum absolute atomic E-state index is 12.3. The molecule has 0 saturated carbocycles. The lowest BCUT2D eigenvalue weighted by molar-refractivity contribution is -0.139. The first-order valence-corrected chi connectivity index (χ1v) is 7.70. The summed E-state index contributed by atoms with van der Waals surface area (Å²) in [6.45, 7) is 3.57. The number of nitrogens with zero attached hydrogens (tertiary/aromatic N) is 2. The number of piperazine rings is 1. The van der Waals surface area contributed by atoms with Crippen molar-refractivity contribution >= 4 is 24.2 Å². The van der Waals surface area contributed by atoms with Crippen LogP contribution in [0.4, 0.5) is 0 Å². The van der Waals surface area contributed by atoms with Gasteiger partial charge in [-0.2, -0.15) is 0 Å². The number of halogens is 1. The molecule has 1 saturated heterocycles. The lowest BCUT2D eigenvalue weighted by Crippen LogP contribution is -2.52. The molecule has 0 spiro atoms. The fourth-order valence-electron chi connectivity index (χ4n) is 2.53. The number of hydrogen-bond acceptors (Lipinski definition) is 4. The van der Waals surface area contributed by atoms with E-state index in [1.54, 1.807) is 4.90 Å². The minimum Gasteiger partial charge on any atom is -0.353 e. The van der Waals surface area contributed by atoms with E-state index >= 15 is 0 Å². The lowest BCUT2D eigenvalue weighted by Gasteiger charge is -2.29. The molecule has 1 aromatic carbocycles. The third-order valence-corrected chi connectivity index (χ3v) is 3.75. The molecule has 2 rings (SSSR count). The second-order valence-electron chi connectivity index (χ2n) is 5.47. The molecule has 0 aromatic heterocycles. The molecule has 0 atom stereocenters. The van der Waals surface area contributed by atoms with Crippen molar-refractivity contribution < 1.29 is 9.59 Å². The second-order valence-corrected chi connectivity index (χ2v) is 5.47. The van der Waals surface area contributed by atoms with Crippen LogP contribution in [0.1, 0.15) is 5.56 Å². The maximum atomic E-state index is 12.3. The van der Waals surface area contributed by atoms with Crippen molar-refractivity contribution in [3.8, 4) is 0 Å². The molecule has 23 heavy (non-hydrogen) atoms. The van der Waals surface area contributed by atoms with Crippen LogP contribution in [0, 0.1) is 0 Å². The van der Waals surface area contributed by atoms with Crippen molar-refractivity contribution in [3.63, 3.8) is 0 Å². The summed E-state index contributed by atoms with van der Waals surface area (Å²) in [5, 5.41) is 2.73. The third kappa shape index (κ3) is 6.56. The molecule has 1 aliphatic rings. The minimum absolute atomic E-state index is 0. The number of carbonyl (C=O) groups is 2. The second kappa shape index (κ2) is 10.2. The Morgan fingerprint density at radius 1 is 1.26 bits per heavy atom. The van der Waals surface area contributed by atoms with Crippen molar-refractivity contribution in [3.05, 3.63) is 35.9 Å². The minimum atomic E-state index is -0.0886. The van der Waals surface area contributed by atoms with Gasteiger partial charge < -0.3 is 16.0 Å². The van der Waals surface area contributed by atoms with Gasteiger partial charge in [-0.3, -0.25) is 14.5 Å². The van der Waals surface area contributed by atoms with Gasteiger partial charge >= 0.3 is 0 Å². The summed E-state index contributed by atoms with van der Waals surface area (Å²) in [6, 6.07) is 10.2. The van der Waals surface area contributed by atoms with Crippen molar-refractivity contribution in [2.75, 3.05) is 45.8 Å². The highest BCUT2D eigenvalue weighted by atomic mass is 35.5. The molecule has 0 unspecified atom stereocenters. The zero-order valence-corrected chi connectivity index (χ0v) is 14.1. The van der Waals surface area contributed by atoms with Gasteiger partial charge in [-0.25, -0.2) is 0 Å². The summed E-state index contributed by atoms with van der Waals surface area (Å²) in [7, 11) is 0. The molecule has 1 heterocycles. The van der Waals surface area contributed by atoms with E-state index in [1.165, 1.54) is 5.56 Å². The Bertz CT molecular complexity index is 498. The van der Waals surface area contributed by atoms with Gasteiger partial charge in [0.2, 0.25) is 11.8 Å². The standard InChI is InChI=1S/C16H24N4O2.ClH/c17-7-10-19(9-6-14-4-2-1-3-5-14)13-16(22)20-11-8-18-15(21)12-20;/h1-5H,6-13,17H2,(H,18,21);1H. The molecule has 3 N–H and O–H groups in total. The van der Waals surface area contributed by atoms with Crippen LogP contribution in [0.3, 0.4) is 0 Å². The molecule has 1 aliphatic heterocycles. The van der Waals surface area contributed by atoms with Crippen LogP contribution in [0.2, 0.25) is 0 Å². The Kier molecular flexibility index (Phi) is 8.61. The normalized spacial score (nSPS) is 14.3. The fraction of sp³-hybridized carbons (Fsp3) is 0.500. The van der Waals surface area contributed by atoms with E-state index < -0.39 is 0 Å². The molecule has 0 aliphatic carbocycles. The van der Waals surface area contributed by atoms with E-state index in [9.17, 15) is 9.59 Å². The number of nitrogens with one attached hydrogen (secondary N) is 1. The highest BCUT2D eigenvalue weighted by Gasteiger charge is 2.22. The van der Waals surface area contributed by atoms with Crippen molar-refractivity contribution in [1.82, 2.24) is 15.1 Å². The number of rotatable bonds is 7. The molecule has 1 aromatic rings. The molecule has 2 amide bonds. The molecule has 0 radical (unpaired) electrons. The SMILES string of the molecule is Cl.NCCN(CCc1ccccc1)CC(=O)N1CCNC(=O)C1. The molecule has 6 nitrogen and oxygen atoms in total. The van der Waals surface area contributed by atoms with Gasteiger partial charge in [-0.05, 0) is 12.0 Å². The van der Waals surface area contributed by atoms with Gasteiger partial charge in [0.05, 0.1) is 13.1 Å². The van der Waals surface area contributed by atoms with Crippen LogP contribution in [-0.2, 0) is 16.0 Å². The lowest BCUT2D eigenvalue weighted by atomic mass is 10.1. The van der Waals surface area contributed by atoms with Gasteiger partial charge in [0.1, 0.15) is 0 Å². The van der Waals surface area contributed by atoms with Crippen LogP contribution in [0.25, 0.3) is 0 Å². The molecular formula is C16H25ClN4O2. The van der Waals surface area contributed by atoms with E-state index in [1.807, 2.05) is 18.2 Å². The number of hydrogen-bond donors (Lipinski definition) is 2. The quantitative estimate of drug-likeness (QED) is 0.725.